The van der Waals surface area contributed by atoms with Crippen molar-refractivity contribution in [3.8, 4) is 0 Å². The summed E-state index contributed by atoms with van der Waals surface area (Å²) in [7, 11) is 0. The first-order chi connectivity index (χ1) is 12.4. The molecule has 4 fully saturated rings. The molecule has 5 rings (SSSR count). The van der Waals surface area contributed by atoms with Gasteiger partial charge in [0.05, 0.1) is 5.41 Å². The Morgan fingerprint density at radius 1 is 1.12 bits per heavy atom. The van der Waals surface area contributed by atoms with E-state index in [-0.39, 0.29) is 29.9 Å². The van der Waals surface area contributed by atoms with Crippen LogP contribution in [0.5, 0.6) is 0 Å². The van der Waals surface area contributed by atoms with Gasteiger partial charge in [0.25, 0.3) is 5.91 Å². The molecule has 1 amide bonds. The Kier molecular flexibility index (Phi) is 4.32. The highest BCUT2D eigenvalue weighted by molar-refractivity contribution is 5.83. The number of rotatable bonds is 5. The highest BCUT2D eigenvalue weighted by atomic mass is 16.5. The lowest BCUT2D eigenvalue weighted by atomic mass is 9.43. The fourth-order valence-electron chi connectivity index (χ4n) is 6.28. The van der Waals surface area contributed by atoms with Crippen LogP contribution in [0.15, 0.2) is 30.3 Å². The molecule has 0 aromatic heterocycles. The Morgan fingerprint density at radius 2 is 1.77 bits per heavy atom. The Labute approximate surface area is 155 Å². The van der Waals surface area contributed by atoms with Crippen molar-refractivity contribution in [2.75, 3.05) is 6.61 Å². The Morgan fingerprint density at radius 3 is 2.38 bits per heavy atom. The van der Waals surface area contributed by atoms with Gasteiger partial charge >= 0.3 is 5.97 Å². The van der Waals surface area contributed by atoms with E-state index in [9.17, 15) is 9.59 Å². The minimum atomic E-state index is -0.391. The molecule has 0 aliphatic heterocycles. The second-order valence-corrected chi connectivity index (χ2v) is 9.19. The summed E-state index contributed by atoms with van der Waals surface area (Å²) in [4.78, 5) is 24.9. The van der Waals surface area contributed by atoms with Crippen molar-refractivity contribution >= 4 is 11.9 Å². The summed E-state index contributed by atoms with van der Waals surface area (Å²) >= 11 is 0. The van der Waals surface area contributed by atoms with E-state index in [1.165, 1.54) is 24.8 Å². The monoisotopic (exact) mass is 355 g/mol. The molecule has 0 spiro atoms. The molecule has 0 saturated heterocycles. The summed E-state index contributed by atoms with van der Waals surface area (Å²) in [6.45, 7) is 3.65. The summed E-state index contributed by atoms with van der Waals surface area (Å²) in [6.07, 6.45) is 6.37. The van der Waals surface area contributed by atoms with Gasteiger partial charge in [-0.05, 0) is 75.2 Å². The van der Waals surface area contributed by atoms with Gasteiger partial charge in [0.1, 0.15) is 0 Å². The van der Waals surface area contributed by atoms with E-state index in [0.717, 1.165) is 19.3 Å². The third-order valence-electron chi connectivity index (χ3n) is 6.66. The molecule has 4 saturated carbocycles. The third-order valence-corrected chi connectivity index (χ3v) is 6.66. The van der Waals surface area contributed by atoms with E-state index in [0.29, 0.717) is 11.8 Å². The molecule has 1 N–H and O–H groups in total. The van der Waals surface area contributed by atoms with Gasteiger partial charge < -0.3 is 10.1 Å². The summed E-state index contributed by atoms with van der Waals surface area (Å²) < 4.78 is 5.52. The van der Waals surface area contributed by atoms with Gasteiger partial charge in [0, 0.05) is 6.04 Å². The van der Waals surface area contributed by atoms with Crippen LogP contribution in [0.3, 0.4) is 0 Å². The van der Waals surface area contributed by atoms with Crippen LogP contribution in [-0.2, 0) is 19.7 Å². The van der Waals surface area contributed by atoms with Crippen LogP contribution in [0.4, 0.5) is 0 Å². The van der Waals surface area contributed by atoms with E-state index < -0.39 is 5.41 Å². The number of amides is 1. The first-order valence-corrected chi connectivity index (χ1v) is 9.93. The van der Waals surface area contributed by atoms with Gasteiger partial charge in [-0.1, -0.05) is 30.3 Å². The normalized spacial score (nSPS) is 34.7. The maximum Gasteiger partial charge on any atom is 0.312 e. The fraction of sp³-hybridized carbons (Fsp3) is 0.636. The van der Waals surface area contributed by atoms with Crippen molar-refractivity contribution in [2.45, 2.75) is 63.8 Å². The molecular weight excluding hydrogens is 326 g/mol. The Hall–Kier alpha value is -1.84. The lowest BCUT2D eigenvalue weighted by molar-refractivity contribution is -0.175. The fourth-order valence-corrected chi connectivity index (χ4v) is 6.28. The van der Waals surface area contributed by atoms with Crippen molar-refractivity contribution in [1.82, 2.24) is 5.32 Å². The second-order valence-electron chi connectivity index (χ2n) is 9.19. The number of carbonyl (C=O) groups is 2. The topological polar surface area (TPSA) is 55.4 Å². The van der Waals surface area contributed by atoms with Gasteiger partial charge in [-0.15, -0.1) is 0 Å². The molecular formula is C22H29NO3. The maximum absolute atomic E-state index is 13.1. The number of benzene rings is 1. The van der Waals surface area contributed by atoms with Crippen LogP contribution in [0.25, 0.3) is 0 Å². The van der Waals surface area contributed by atoms with Crippen molar-refractivity contribution < 1.29 is 14.3 Å². The molecule has 0 heterocycles. The van der Waals surface area contributed by atoms with E-state index in [4.69, 9.17) is 4.74 Å². The van der Waals surface area contributed by atoms with Crippen LogP contribution in [-0.4, -0.2) is 24.5 Å². The quantitative estimate of drug-likeness (QED) is 0.821. The van der Waals surface area contributed by atoms with Crippen molar-refractivity contribution in [3.05, 3.63) is 35.9 Å². The van der Waals surface area contributed by atoms with Crippen LogP contribution >= 0.6 is 0 Å². The molecule has 4 heteroatoms. The molecule has 4 aliphatic carbocycles. The number of esters is 1. The zero-order valence-electron chi connectivity index (χ0n) is 15.8. The average Bonchev–Trinajstić information content (AvgIpc) is 2.59. The summed E-state index contributed by atoms with van der Waals surface area (Å²) in [5.41, 5.74) is 1.10. The summed E-state index contributed by atoms with van der Waals surface area (Å²) in [5, 5.41) is 2.79. The van der Waals surface area contributed by atoms with Gasteiger partial charge in [-0.25, -0.2) is 0 Å². The molecule has 1 aromatic carbocycles. The summed E-state index contributed by atoms with van der Waals surface area (Å²) in [5.74, 6) is 0.851. The molecule has 0 radical (unpaired) electrons. The van der Waals surface area contributed by atoms with E-state index in [2.05, 4.69) is 35.6 Å². The molecule has 1 aromatic rings. The van der Waals surface area contributed by atoms with Gasteiger partial charge in [0.15, 0.2) is 6.61 Å². The van der Waals surface area contributed by atoms with Gasteiger partial charge in [-0.3, -0.25) is 9.59 Å². The van der Waals surface area contributed by atoms with Crippen LogP contribution in [0, 0.1) is 17.3 Å². The second kappa shape index (κ2) is 6.40. The largest absolute Gasteiger partial charge is 0.455 e. The summed E-state index contributed by atoms with van der Waals surface area (Å²) in [6, 6.07) is 10.8. The molecule has 4 bridgehead atoms. The van der Waals surface area contributed by atoms with Crippen LogP contribution < -0.4 is 5.32 Å². The minimum Gasteiger partial charge on any atom is -0.455 e. The SMILES string of the molecule is CC(C)NC(=O)COC(=O)C12C[C@H]3C[C@@H](C1)CC(c1ccccc1)(C3)C2. The van der Waals surface area contributed by atoms with Gasteiger partial charge in [0.2, 0.25) is 0 Å². The number of hydrogen-bond donors (Lipinski definition) is 1. The minimum absolute atomic E-state index is 0.0575. The smallest absolute Gasteiger partial charge is 0.312 e. The van der Waals surface area contributed by atoms with E-state index >= 15 is 0 Å². The lowest BCUT2D eigenvalue weighted by Crippen LogP contribution is -2.57. The Balaban J connectivity index is 1.53. The molecule has 4 nitrogen and oxygen atoms in total. The van der Waals surface area contributed by atoms with Crippen LogP contribution in [0.1, 0.15) is 57.9 Å². The maximum atomic E-state index is 13.1. The number of nitrogens with one attached hydrogen (secondary N) is 1. The van der Waals surface area contributed by atoms with E-state index in [1.807, 2.05) is 13.8 Å². The molecule has 2 unspecified atom stereocenters. The standard InChI is InChI=1S/C22H29NO3/c1-15(2)23-19(24)13-26-20(25)22-11-16-8-17(12-22)10-21(9-16,14-22)18-6-4-3-5-7-18/h3-7,15-17H,8-14H2,1-2H3,(H,23,24)/t16-,17+,21?,22?. The van der Waals surface area contributed by atoms with Gasteiger partial charge in [-0.2, -0.15) is 0 Å². The van der Waals surface area contributed by atoms with E-state index in [1.54, 1.807) is 0 Å². The lowest BCUT2D eigenvalue weighted by Gasteiger charge is -2.61. The van der Waals surface area contributed by atoms with Crippen molar-refractivity contribution in [2.24, 2.45) is 17.3 Å². The number of ether oxygens (including phenoxy) is 1. The zero-order chi connectivity index (χ0) is 18.4. The number of carbonyl (C=O) groups excluding carboxylic acids is 2. The first-order valence-electron chi connectivity index (χ1n) is 9.93. The molecule has 4 aliphatic rings. The highest BCUT2D eigenvalue weighted by Gasteiger charge is 2.61. The molecule has 140 valence electrons. The molecule has 26 heavy (non-hydrogen) atoms. The van der Waals surface area contributed by atoms with Crippen molar-refractivity contribution in [3.63, 3.8) is 0 Å². The predicted octanol–water partition coefficient (Wildman–Crippen LogP) is 3.59. The first kappa shape index (κ1) is 17.6. The Bertz CT molecular complexity index is 683. The predicted molar refractivity (Wildman–Crippen MR) is 99.5 cm³/mol. The third kappa shape index (κ3) is 3.04. The van der Waals surface area contributed by atoms with Crippen LogP contribution in [0.2, 0.25) is 0 Å². The number of hydrogen-bond acceptors (Lipinski definition) is 3. The van der Waals surface area contributed by atoms with Crippen molar-refractivity contribution in [1.29, 1.82) is 0 Å². The highest BCUT2D eigenvalue weighted by Crippen LogP contribution is 2.66. The molecule has 4 atom stereocenters. The average molecular weight is 355 g/mol. The zero-order valence-corrected chi connectivity index (χ0v) is 15.8.